The number of carbonyl (C=O) groups excluding carboxylic acids is 2. The van der Waals surface area contributed by atoms with E-state index in [1.54, 1.807) is 43.3 Å². The minimum Gasteiger partial charge on any atom is -0.494 e. The van der Waals surface area contributed by atoms with Crippen LogP contribution in [0.25, 0.3) is 10.6 Å². The van der Waals surface area contributed by atoms with E-state index in [-0.39, 0.29) is 5.82 Å². The number of amides is 2. The van der Waals surface area contributed by atoms with Crippen LogP contribution < -0.4 is 15.6 Å². The summed E-state index contributed by atoms with van der Waals surface area (Å²) in [5.74, 6) is -0.594. The molecule has 28 heavy (non-hydrogen) atoms. The lowest BCUT2D eigenvalue weighted by atomic mass is 10.2. The highest BCUT2D eigenvalue weighted by molar-refractivity contribution is 7.17. The van der Waals surface area contributed by atoms with Crippen molar-refractivity contribution in [2.24, 2.45) is 0 Å². The van der Waals surface area contributed by atoms with Crippen molar-refractivity contribution in [3.05, 3.63) is 70.5 Å². The molecule has 2 aromatic carbocycles. The molecule has 8 heteroatoms. The smallest absolute Gasteiger partial charge is 0.281 e. The number of benzene rings is 2. The molecule has 1 aromatic heterocycles. The Morgan fingerprint density at radius 2 is 1.68 bits per heavy atom. The molecule has 6 nitrogen and oxygen atoms in total. The molecule has 0 aliphatic rings. The van der Waals surface area contributed by atoms with Gasteiger partial charge in [0.25, 0.3) is 11.8 Å². The van der Waals surface area contributed by atoms with Gasteiger partial charge in [0.05, 0.1) is 12.3 Å². The number of rotatable bonds is 5. The highest BCUT2D eigenvalue weighted by Gasteiger charge is 2.17. The Labute approximate surface area is 165 Å². The maximum atomic E-state index is 13.1. The third-order valence-corrected chi connectivity index (χ3v) is 5.02. The van der Waals surface area contributed by atoms with Crippen LogP contribution in [0.4, 0.5) is 4.39 Å². The van der Waals surface area contributed by atoms with E-state index < -0.39 is 11.8 Å². The van der Waals surface area contributed by atoms with E-state index in [2.05, 4.69) is 15.8 Å². The standard InChI is InChI=1S/C20H18FN3O3S/c1-3-27-16-10-6-13(7-11-16)18(25)23-24-19(26)17-12(2)22-20(28-17)14-4-8-15(21)9-5-14/h4-11H,3H2,1-2H3,(H,23,25)(H,24,26). The first kappa shape index (κ1) is 19.5. The van der Waals surface area contributed by atoms with Gasteiger partial charge in [0.2, 0.25) is 0 Å². The average molecular weight is 399 g/mol. The summed E-state index contributed by atoms with van der Waals surface area (Å²) in [7, 11) is 0. The zero-order valence-corrected chi connectivity index (χ0v) is 16.1. The highest BCUT2D eigenvalue weighted by Crippen LogP contribution is 2.27. The third-order valence-electron chi connectivity index (χ3n) is 3.81. The van der Waals surface area contributed by atoms with Gasteiger partial charge in [0.15, 0.2) is 0 Å². The number of hydrogen-bond acceptors (Lipinski definition) is 5. The van der Waals surface area contributed by atoms with Crippen LogP contribution >= 0.6 is 11.3 Å². The first-order valence-corrected chi connectivity index (χ1v) is 9.36. The number of carbonyl (C=O) groups is 2. The summed E-state index contributed by atoms with van der Waals surface area (Å²) in [6.45, 7) is 4.11. The van der Waals surface area contributed by atoms with E-state index in [1.165, 1.54) is 23.5 Å². The van der Waals surface area contributed by atoms with Crippen LogP contribution in [0.3, 0.4) is 0 Å². The largest absolute Gasteiger partial charge is 0.494 e. The molecule has 3 rings (SSSR count). The number of thiazole rings is 1. The Balaban J connectivity index is 1.64. The predicted octanol–water partition coefficient (Wildman–Crippen LogP) is 3.73. The SMILES string of the molecule is CCOc1ccc(C(=O)NNC(=O)c2sc(-c3ccc(F)cc3)nc2C)cc1. The second-order valence-electron chi connectivity index (χ2n) is 5.81. The Hall–Kier alpha value is -3.26. The fourth-order valence-electron chi connectivity index (χ4n) is 2.43. The van der Waals surface area contributed by atoms with Crippen molar-refractivity contribution < 1.29 is 18.7 Å². The van der Waals surface area contributed by atoms with Gasteiger partial charge in [-0.15, -0.1) is 11.3 Å². The Morgan fingerprint density at radius 1 is 1.04 bits per heavy atom. The Kier molecular flexibility index (Phi) is 6.00. The van der Waals surface area contributed by atoms with Gasteiger partial charge in [0.1, 0.15) is 21.5 Å². The summed E-state index contributed by atoms with van der Waals surface area (Å²) in [6.07, 6.45) is 0. The van der Waals surface area contributed by atoms with Crippen LogP contribution in [0.1, 0.15) is 32.6 Å². The van der Waals surface area contributed by atoms with Gasteiger partial charge in [-0.2, -0.15) is 0 Å². The van der Waals surface area contributed by atoms with E-state index in [9.17, 15) is 14.0 Å². The van der Waals surface area contributed by atoms with Gasteiger partial charge in [-0.1, -0.05) is 0 Å². The molecule has 0 spiro atoms. The summed E-state index contributed by atoms with van der Waals surface area (Å²) in [5.41, 5.74) is 6.40. The molecule has 2 amide bonds. The molecule has 0 radical (unpaired) electrons. The maximum Gasteiger partial charge on any atom is 0.281 e. The zero-order valence-electron chi connectivity index (χ0n) is 15.3. The van der Waals surface area contributed by atoms with Crippen molar-refractivity contribution in [1.82, 2.24) is 15.8 Å². The van der Waals surface area contributed by atoms with Gasteiger partial charge < -0.3 is 4.74 Å². The number of nitrogens with zero attached hydrogens (tertiary/aromatic N) is 1. The van der Waals surface area contributed by atoms with Crippen molar-refractivity contribution >= 4 is 23.2 Å². The number of hydrazine groups is 1. The summed E-state index contributed by atoms with van der Waals surface area (Å²) in [6, 6.07) is 12.5. The van der Waals surface area contributed by atoms with Crippen LogP contribution in [0.5, 0.6) is 5.75 Å². The molecule has 0 saturated heterocycles. The van der Waals surface area contributed by atoms with Crippen molar-refractivity contribution in [3.63, 3.8) is 0 Å². The number of aryl methyl sites for hydroxylation is 1. The summed E-state index contributed by atoms with van der Waals surface area (Å²) < 4.78 is 18.4. The van der Waals surface area contributed by atoms with Crippen molar-refractivity contribution in [3.8, 4) is 16.3 Å². The lowest BCUT2D eigenvalue weighted by Crippen LogP contribution is -2.41. The van der Waals surface area contributed by atoms with Crippen LogP contribution in [-0.4, -0.2) is 23.4 Å². The van der Waals surface area contributed by atoms with Crippen molar-refractivity contribution in [2.45, 2.75) is 13.8 Å². The second-order valence-corrected chi connectivity index (χ2v) is 6.81. The van der Waals surface area contributed by atoms with E-state index >= 15 is 0 Å². The molecule has 1 heterocycles. The van der Waals surface area contributed by atoms with Crippen molar-refractivity contribution in [1.29, 1.82) is 0 Å². The first-order valence-electron chi connectivity index (χ1n) is 8.55. The topological polar surface area (TPSA) is 80.3 Å². The van der Waals surface area contributed by atoms with Gasteiger partial charge in [0, 0.05) is 11.1 Å². The van der Waals surface area contributed by atoms with E-state index in [4.69, 9.17) is 4.74 Å². The minimum atomic E-state index is -0.470. The quantitative estimate of drug-likeness (QED) is 0.641. The normalized spacial score (nSPS) is 10.4. The van der Waals surface area contributed by atoms with Gasteiger partial charge in [-0.25, -0.2) is 9.37 Å². The molecule has 0 unspecified atom stereocenters. The lowest BCUT2D eigenvalue weighted by molar-refractivity contribution is 0.0848. The number of aromatic nitrogens is 1. The van der Waals surface area contributed by atoms with Gasteiger partial charge >= 0.3 is 0 Å². The van der Waals surface area contributed by atoms with E-state index in [0.29, 0.717) is 39.1 Å². The molecule has 0 bridgehead atoms. The number of halogens is 1. The van der Waals surface area contributed by atoms with Crippen LogP contribution in [0.15, 0.2) is 48.5 Å². The van der Waals surface area contributed by atoms with Gasteiger partial charge in [-0.05, 0) is 62.4 Å². The Morgan fingerprint density at radius 3 is 2.32 bits per heavy atom. The van der Waals surface area contributed by atoms with Crippen molar-refractivity contribution in [2.75, 3.05) is 6.61 Å². The summed E-state index contributed by atoms with van der Waals surface area (Å²) in [5, 5.41) is 0.598. The Bertz CT molecular complexity index is 985. The fourth-order valence-corrected chi connectivity index (χ4v) is 3.40. The number of ether oxygens (including phenoxy) is 1. The minimum absolute atomic E-state index is 0.341. The molecule has 0 atom stereocenters. The maximum absolute atomic E-state index is 13.1. The average Bonchev–Trinajstić information content (AvgIpc) is 3.09. The van der Waals surface area contributed by atoms with Crippen LogP contribution in [0, 0.1) is 12.7 Å². The monoisotopic (exact) mass is 399 g/mol. The third kappa shape index (κ3) is 4.52. The molecular formula is C20H18FN3O3S. The molecular weight excluding hydrogens is 381 g/mol. The second kappa shape index (κ2) is 8.62. The van der Waals surface area contributed by atoms with E-state index in [1.807, 2.05) is 6.92 Å². The molecule has 144 valence electrons. The summed E-state index contributed by atoms with van der Waals surface area (Å²) in [4.78, 5) is 29.3. The van der Waals surface area contributed by atoms with Crippen LogP contribution in [-0.2, 0) is 0 Å². The number of hydrogen-bond donors (Lipinski definition) is 2. The zero-order chi connectivity index (χ0) is 20.1. The first-order chi connectivity index (χ1) is 13.5. The molecule has 0 fully saturated rings. The van der Waals surface area contributed by atoms with Crippen LogP contribution in [0.2, 0.25) is 0 Å². The number of nitrogens with one attached hydrogen (secondary N) is 2. The molecule has 0 aliphatic heterocycles. The summed E-state index contributed by atoms with van der Waals surface area (Å²) >= 11 is 1.17. The molecule has 3 aromatic rings. The molecule has 0 saturated carbocycles. The predicted molar refractivity (Wildman–Crippen MR) is 105 cm³/mol. The highest BCUT2D eigenvalue weighted by atomic mass is 32.1. The van der Waals surface area contributed by atoms with E-state index in [0.717, 1.165) is 0 Å². The molecule has 2 N–H and O–H groups in total. The molecule has 0 aliphatic carbocycles. The fraction of sp³-hybridized carbons (Fsp3) is 0.150. The van der Waals surface area contributed by atoms with Gasteiger partial charge in [-0.3, -0.25) is 20.4 Å². The lowest BCUT2D eigenvalue weighted by Gasteiger charge is -2.07.